The standard InChI is InChI=1S/C15H15NO2/c1-2-18-16-12-8-7-11-10-17-15-6-4-3-5-13(15)14(11)9-12/h3-9,16H,2,10H2,1H3. The average Bonchev–Trinajstić information content (AvgIpc) is 2.45. The second-order valence-electron chi connectivity index (χ2n) is 4.19. The van der Waals surface area contributed by atoms with Gasteiger partial charge in [-0.15, -0.1) is 0 Å². The molecule has 0 radical (unpaired) electrons. The minimum atomic E-state index is 0.626. The number of anilines is 1. The van der Waals surface area contributed by atoms with Crippen LogP contribution in [-0.2, 0) is 11.4 Å². The number of fused-ring (bicyclic) bond motifs is 3. The minimum Gasteiger partial charge on any atom is -0.488 e. The van der Waals surface area contributed by atoms with Gasteiger partial charge in [-0.25, -0.2) is 0 Å². The lowest BCUT2D eigenvalue weighted by atomic mass is 9.96. The van der Waals surface area contributed by atoms with Gasteiger partial charge in [0.2, 0.25) is 0 Å². The van der Waals surface area contributed by atoms with Gasteiger partial charge in [0.25, 0.3) is 0 Å². The van der Waals surface area contributed by atoms with E-state index in [2.05, 4.69) is 23.7 Å². The second kappa shape index (κ2) is 4.70. The highest BCUT2D eigenvalue weighted by Crippen LogP contribution is 2.38. The molecule has 0 aromatic heterocycles. The molecule has 2 aromatic rings. The van der Waals surface area contributed by atoms with Crippen LogP contribution in [0.15, 0.2) is 42.5 Å². The fraction of sp³-hybridized carbons (Fsp3) is 0.200. The molecule has 0 fully saturated rings. The number of rotatable bonds is 3. The molecule has 0 bridgehead atoms. The molecule has 0 amide bonds. The van der Waals surface area contributed by atoms with E-state index in [9.17, 15) is 0 Å². The molecule has 3 heteroatoms. The van der Waals surface area contributed by atoms with Crippen molar-refractivity contribution in [3.05, 3.63) is 48.0 Å². The molecule has 0 saturated heterocycles. The van der Waals surface area contributed by atoms with Crippen molar-refractivity contribution in [2.45, 2.75) is 13.5 Å². The van der Waals surface area contributed by atoms with Gasteiger partial charge >= 0.3 is 0 Å². The Morgan fingerprint density at radius 1 is 1.17 bits per heavy atom. The molecule has 0 spiro atoms. The van der Waals surface area contributed by atoms with E-state index >= 15 is 0 Å². The molecule has 0 aliphatic carbocycles. The third-order valence-electron chi connectivity index (χ3n) is 3.00. The molecule has 18 heavy (non-hydrogen) atoms. The largest absolute Gasteiger partial charge is 0.488 e. The Balaban J connectivity index is 2.02. The van der Waals surface area contributed by atoms with Crippen LogP contribution in [0.25, 0.3) is 11.1 Å². The van der Waals surface area contributed by atoms with Gasteiger partial charge < -0.3 is 4.74 Å². The van der Waals surface area contributed by atoms with Gasteiger partial charge in [0.1, 0.15) is 12.4 Å². The number of para-hydroxylation sites is 1. The zero-order valence-electron chi connectivity index (χ0n) is 10.3. The fourth-order valence-electron chi connectivity index (χ4n) is 2.14. The van der Waals surface area contributed by atoms with E-state index in [4.69, 9.17) is 9.57 Å². The predicted octanol–water partition coefficient (Wildman–Crippen LogP) is 3.61. The van der Waals surface area contributed by atoms with E-state index in [1.165, 1.54) is 11.1 Å². The number of nitrogens with one attached hydrogen (secondary N) is 1. The normalized spacial score (nSPS) is 12.3. The Morgan fingerprint density at radius 3 is 2.94 bits per heavy atom. The van der Waals surface area contributed by atoms with Crippen LogP contribution in [0, 0.1) is 0 Å². The summed E-state index contributed by atoms with van der Waals surface area (Å²) >= 11 is 0. The first-order valence-electron chi connectivity index (χ1n) is 6.11. The molecule has 2 aromatic carbocycles. The van der Waals surface area contributed by atoms with E-state index in [0.29, 0.717) is 13.2 Å². The molecule has 1 aliphatic heterocycles. The SMILES string of the molecule is CCONc1ccc2c(c1)-c1ccccc1OC2. The maximum absolute atomic E-state index is 5.72. The lowest BCUT2D eigenvalue weighted by Gasteiger charge is -2.21. The Labute approximate surface area is 106 Å². The topological polar surface area (TPSA) is 30.5 Å². The van der Waals surface area contributed by atoms with Crippen molar-refractivity contribution < 1.29 is 9.57 Å². The average molecular weight is 241 g/mol. The maximum Gasteiger partial charge on any atom is 0.127 e. The first-order valence-corrected chi connectivity index (χ1v) is 6.11. The first-order chi connectivity index (χ1) is 8.88. The van der Waals surface area contributed by atoms with Crippen LogP contribution in [0.5, 0.6) is 5.75 Å². The highest BCUT2D eigenvalue weighted by Gasteiger charge is 2.16. The molecular weight excluding hydrogens is 226 g/mol. The molecule has 3 nitrogen and oxygen atoms in total. The molecule has 0 atom stereocenters. The highest BCUT2D eigenvalue weighted by atomic mass is 16.6. The monoisotopic (exact) mass is 241 g/mol. The highest BCUT2D eigenvalue weighted by molar-refractivity contribution is 5.77. The van der Waals surface area contributed by atoms with Crippen LogP contribution >= 0.6 is 0 Å². The van der Waals surface area contributed by atoms with Gasteiger partial charge in [-0.1, -0.05) is 24.3 Å². The van der Waals surface area contributed by atoms with Crippen LogP contribution in [-0.4, -0.2) is 6.61 Å². The quantitative estimate of drug-likeness (QED) is 0.833. The van der Waals surface area contributed by atoms with Crippen molar-refractivity contribution in [2.24, 2.45) is 0 Å². The molecule has 0 unspecified atom stereocenters. The number of hydrogen-bond acceptors (Lipinski definition) is 3. The summed E-state index contributed by atoms with van der Waals surface area (Å²) in [5, 5.41) is 0. The van der Waals surface area contributed by atoms with Crippen LogP contribution in [0.2, 0.25) is 0 Å². The Bertz CT molecular complexity index is 566. The predicted molar refractivity (Wildman–Crippen MR) is 71.5 cm³/mol. The first kappa shape index (κ1) is 11.1. The smallest absolute Gasteiger partial charge is 0.127 e. The molecule has 1 N–H and O–H groups in total. The fourth-order valence-corrected chi connectivity index (χ4v) is 2.14. The molecular formula is C15H15NO2. The van der Waals surface area contributed by atoms with E-state index in [-0.39, 0.29) is 0 Å². The van der Waals surface area contributed by atoms with Gasteiger partial charge in [0.05, 0.1) is 12.3 Å². The van der Waals surface area contributed by atoms with Crippen LogP contribution < -0.4 is 10.2 Å². The Morgan fingerprint density at radius 2 is 2.06 bits per heavy atom. The van der Waals surface area contributed by atoms with Crippen molar-refractivity contribution >= 4 is 5.69 Å². The molecule has 1 heterocycles. The van der Waals surface area contributed by atoms with Gasteiger partial charge in [-0.3, -0.25) is 10.3 Å². The van der Waals surface area contributed by atoms with E-state index < -0.39 is 0 Å². The summed E-state index contributed by atoms with van der Waals surface area (Å²) in [6, 6.07) is 14.3. The molecule has 3 rings (SSSR count). The zero-order chi connectivity index (χ0) is 12.4. The summed E-state index contributed by atoms with van der Waals surface area (Å²) in [5.41, 5.74) is 7.45. The number of hydrogen-bond donors (Lipinski definition) is 1. The summed E-state index contributed by atoms with van der Waals surface area (Å²) in [7, 11) is 0. The van der Waals surface area contributed by atoms with Crippen LogP contribution in [0.3, 0.4) is 0 Å². The maximum atomic E-state index is 5.72. The lowest BCUT2D eigenvalue weighted by Crippen LogP contribution is -2.06. The van der Waals surface area contributed by atoms with Gasteiger partial charge in [0, 0.05) is 5.56 Å². The van der Waals surface area contributed by atoms with Gasteiger partial charge in [-0.2, -0.15) is 0 Å². The summed E-state index contributed by atoms with van der Waals surface area (Å²) in [6.07, 6.45) is 0. The van der Waals surface area contributed by atoms with Crippen LogP contribution in [0.4, 0.5) is 5.69 Å². The Hall–Kier alpha value is -2.00. The summed E-state index contributed by atoms with van der Waals surface area (Å²) in [4.78, 5) is 5.22. The molecule has 92 valence electrons. The van der Waals surface area contributed by atoms with Gasteiger partial charge in [-0.05, 0) is 36.2 Å². The van der Waals surface area contributed by atoms with Gasteiger partial charge in [0.15, 0.2) is 0 Å². The van der Waals surface area contributed by atoms with Crippen molar-refractivity contribution in [3.8, 4) is 16.9 Å². The number of ether oxygens (including phenoxy) is 1. The van der Waals surface area contributed by atoms with Crippen LogP contribution in [0.1, 0.15) is 12.5 Å². The summed E-state index contributed by atoms with van der Waals surface area (Å²) < 4.78 is 5.72. The van der Waals surface area contributed by atoms with E-state index in [0.717, 1.165) is 17.0 Å². The lowest BCUT2D eigenvalue weighted by molar-refractivity contribution is 0.210. The van der Waals surface area contributed by atoms with Crippen molar-refractivity contribution in [2.75, 3.05) is 12.1 Å². The Kier molecular flexibility index (Phi) is 2.90. The third kappa shape index (κ3) is 1.93. The third-order valence-corrected chi connectivity index (χ3v) is 3.00. The van der Waals surface area contributed by atoms with Crippen molar-refractivity contribution in [1.82, 2.24) is 0 Å². The molecule has 0 saturated carbocycles. The van der Waals surface area contributed by atoms with Crippen molar-refractivity contribution in [1.29, 1.82) is 0 Å². The molecule has 1 aliphatic rings. The number of benzene rings is 2. The summed E-state index contributed by atoms with van der Waals surface area (Å²) in [6.45, 7) is 3.21. The summed E-state index contributed by atoms with van der Waals surface area (Å²) in [5.74, 6) is 0.943. The van der Waals surface area contributed by atoms with E-state index in [1.807, 2.05) is 31.2 Å². The zero-order valence-corrected chi connectivity index (χ0v) is 10.3. The minimum absolute atomic E-state index is 0.626. The second-order valence-corrected chi connectivity index (χ2v) is 4.19. The van der Waals surface area contributed by atoms with E-state index in [1.54, 1.807) is 0 Å². The van der Waals surface area contributed by atoms with Crippen molar-refractivity contribution in [3.63, 3.8) is 0 Å².